The maximum absolute atomic E-state index is 11.5. The van der Waals surface area contributed by atoms with Gasteiger partial charge in [0.05, 0.1) is 20.1 Å². The molecule has 0 saturated carbocycles. The van der Waals surface area contributed by atoms with Crippen LogP contribution in [0, 0.1) is 0 Å². The standard InChI is InChI=1S/C14H15NO4/c1-3-19-12-7-9(4-5-11(12)18-2)6-10-8-13(16)15-14(10)17/h4-7H,3,8H2,1-2H3,(H,15,16,17). The molecule has 0 atom stereocenters. The van der Waals surface area contributed by atoms with E-state index in [0.29, 0.717) is 23.7 Å². The monoisotopic (exact) mass is 261 g/mol. The van der Waals surface area contributed by atoms with Gasteiger partial charge >= 0.3 is 0 Å². The first kappa shape index (κ1) is 13.1. The normalized spacial score (nSPS) is 16.6. The minimum Gasteiger partial charge on any atom is -0.493 e. The summed E-state index contributed by atoms with van der Waals surface area (Å²) in [6, 6.07) is 5.36. The van der Waals surface area contributed by atoms with Crippen molar-refractivity contribution in [3.8, 4) is 11.5 Å². The molecule has 5 heteroatoms. The molecule has 1 saturated heterocycles. The number of carbonyl (C=O) groups is 2. The molecule has 1 heterocycles. The SMILES string of the molecule is CCOc1cc(C=C2CC(=O)NC2=O)ccc1OC. The highest BCUT2D eigenvalue weighted by atomic mass is 16.5. The van der Waals surface area contributed by atoms with Crippen LogP contribution in [0.2, 0.25) is 0 Å². The molecule has 1 aliphatic rings. The lowest BCUT2D eigenvalue weighted by atomic mass is 10.1. The first-order valence-corrected chi connectivity index (χ1v) is 5.99. The zero-order chi connectivity index (χ0) is 13.8. The number of hydrogen-bond acceptors (Lipinski definition) is 4. The number of rotatable bonds is 4. The Morgan fingerprint density at radius 1 is 1.32 bits per heavy atom. The van der Waals surface area contributed by atoms with Crippen molar-refractivity contribution in [2.24, 2.45) is 0 Å². The van der Waals surface area contributed by atoms with Crippen LogP contribution in [0.15, 0.2) is 23.8 Å². The van der Waals surface area contributed by atoms with Gasteiger partial charge in [0.25, 0.3) is 5.91 Å². The van der Waals surface area contributed by atoms with Gasteiger partial charge in [-0.15, -0.1) is 0 Å². The number of nitrogens with one attached hydrogen (secondary N) is 1. The third kappa shape index (κ3) is 2.93. The molecule has 2 amide bonds. The molecular weight excluding hydrogens is 246 g/mol. The minimum absolute atomic E-state index is 0.120. The number of benzene rings is 1. The Morgan fingerprint density at radius 2 is 2.11 bits per heavy atom. The van der Waals surface area contributed by atoms with Gasteiger partial charge in [0.2, 0.25) is 5.91 Å². The van der Waals surface area contributed by atoms with Gasteiger partial charge in [-0.3, -0.25) is 14.9 Å². The number of ether oxygens (including phenoxy) is 2. The number of methoxy groups -OCH3 is 1. The summed E-state index contributed by atoms with van der Waals surface area (Å²) in [6.07, 6.45) is 1.80. The molecule has 0 unspecified atom stereocenters. The van der Waals surface area contributed by atoms with Gasteiger partial charge in [0, 0.05) is 5.57 Å². The second-order valence-corrected chi connectivity index (χ2v) is 4.07. The number of hydrogen-bond donors (Lipinski definition) is 1. The highest BCUT2D eigenvalue weighted by Crippen LogP contribution is 2.29. The highest BCUT2D eigenvalue weighted by molar-refractivity contribution is 6.15. The van der Waals surface area contributed by atoms with Crippen LogP contribution in [0.4, 0.5) is 0 Å². The maximum Gasteiger partial charge on any atom is 0.254 e. The lowest BCUT2D eigenvalue weighted by Gasteiger charge is -2.09. The number of carbonyl (C=O) groups excluding carboxylic acids is 2. The molecule has 1 N–H and O–H groups in total. The summed E-state index contributed by atoms with van der Waals surface area (Å²) >= 11 is 0. The average molecular weight is 261 g/mol. The molecule has 0 bridgehead atoms. The van der Waals surface area contributed by atoms with Gasteiger partial charge in [-0.05, 0) is 30.7 Å². The zero-order valence-electron chi connectivity index (χ0n) is 10.9. The Hall–Kier alpha value is -2.30. The van der Waals surface area contributed by atoms with Gasteiger partial charge in [-0.25, -0.2) is 0 Å². The van der Waals surface area contributed by atoms with Crippen LogP contribution in [-0.2, 0) is 9.59 Å². The topological polar surface area (TPSA) is 64.6 Å². The molecule has 1 aromatic rings. The quantitative estimate of drug-likeness (QED) is 0.659. The fourth-order valence-electron chi connectivity index (χ4n) is 1.87. The Bertz CT molecular complexity index is 548. The maximum atomic E-state index is 11.5. The predicted octanol–water partition coefficient (Wildman–Crippen LogP) is 1.52. The summed E-state index contributed by atoms with van der Waals surface area (Å²) in [5.41, 5.74) is 1.25. The van der Waals surface area contributed by atoms with Crippen molar-refractivity contribution in [2.45, 2.75) is 13.3 Å². The van der Waals surface area contributed by atoms with E-state index in [2.05, 4.69) is 5.32 Å². The Balaban J connectivity index is 2.31. The zero-order valence-corrected chi connectivity index (χ0v) is 10.9. The van der Waals surface area contributed by atoms with Crippen LogP contribution < -0.4 is 14.8 Å². The number of imide groups is 1. The Kier molecular flexibility index (Phi) is 3.85. The van der Waals surface area contributed by atoms with Crippen LogP contribution in [0.25, 0.3) is 6.08 Å². The van der Waals surface area contributed by atoms with E-state index in [4.69, 9.17) is 9.47 Å². The van der Waals surface area contributed by atoms with Gasteiger partial charge in [0.1, 0.15) is 0 Å². The van der Waals surface area contributed by atoms with Crippen molar-refractivity contribution in [2.75, 3.05) is 13.7 Å². The molecule has 1 aromatic carbocycles. The van der Waals surface area contributed by atoms with Gasteiger partial charge in [0.15, 0.2) is 11.5 Å². The van der Waals surface area contributed by atoms with Crippen molar-refractivity contribution in [3.05, 3.63) is 29.3 Å². The molecule has 0 radical (unpaired) electrons. The van der Waals surface area contributed by atoms with Crippen molar-refractivity contribution < 1.29 is 19.1 Å². The molecule has 19 heavy (non-hydrogen) atoms. The van der Waals surface area contributed by atoms with E-state index in [9.17, 15) is 9.59 Å². The highest BCUT2D eigenvalue weighted by Gasteiger charge is 2.23. The Morgan fingerprint density at radius 3 is 2.68 bits per heavy atom. The van der Waals surface area contributed by atoms with E-state index in [0.717, 1.165) is 5.56 Å². The van der Waals surface area contributed by atoms with Crippen LogP contribution in [0.3, 0.4) is 0 Å². The molecular formula is C14H15NO4. The van der Waals surface area contributed by atoms with Gasteiger partial charge in [-0.2, -0.15) is 0 Å². The molecule has 100 valence electrons. The van der Waals surface area contributed by atoms with E-state index < -0.39 is 0 Å². The third-order valence-corrected chi connectivity index (χ3v) is 2.72. The fourth-order valence-corrected chi connectivity index (χ4v) is 1.87. The summed E-state index contributed by atoms with van der Waals surface area (Å²) in [7, 11) is 1.57. The van der Waals surface area contributed by atoms with Gasteiger partial charge in [-0.1, -0.05) is 6.07 Å². The summed E-state index contributed by atoms with van der Waals surface area (Å²) in [6.45, 7) is 2.41. The molecule has 0 aromatic heterocycles. The Labute approximate surface area is 111 Å². The average Bonchev–Trinajstić information content (AvgIpc) is 2.69. The second-order valence-electron chi connectivity index (χ2n) is 4.07. The molecule has 1 fully saturated rings. The lowest BCUT2D eigenvalue weighted by Crippen LogP contribution is -2.19. The van der Waals surface area contributed by atoms with E-state index in [1.54, 1.807) is 25.3 Å². The van der Waals surface area contributed by atoms with Crippen LogP contribution >= 0.6 is 0 Å². The summed E-state index contributed by atoms with van der Waals surface area (Å²) in [5.74, 6) is 0.647. The first-order chi connectivity index (χ1) is 9.13. The molecule has 5 nitrogen and oxygen atoms in total. The number of amides is 2. The second kappa shape index (κ2) is 5.56. The lowest BCUT2D eigenvalue weighted by molar-refractivity contribution is -0.124. The molecule has 1 aliphatic heterocycles. The van der Waals surface area contributed by atoms with Crippen LogP contribution in [-0.4, -0.2) is 25.5 Å². The first-order valence-electron chi connectivity index (χ1n) is 5.99. The van der Waals surface area contributed by atoms with Crippen LogP contribution in [0.5, 0.6) is 11.5 Å². The summed E-state index contributed by atoms with van der Waals surface area (Å²) < 4.78 is 10.6. The minimum atomic E-state index is -0.334. The predicted molar refractivity (Wildman–Crippen MR) is 69.9 cm³/mol. The summed E-state index contributed by atoms with van der Waals surface area (Å²) in [4.78, 5) is 22.6. The summed E-state index contributed by atoms with van der Waals surface area (Å²) in [5, 5.41) is 2.25. The van der Waals surface area contributed by atoms with Crippen molar-refractivity contribution >= 4 is 17.9 Å². The van der Waals surface area contributed by atoms with Crippen molar-refractivity contribution in [1.29, 1.82) is 0 Å². The third-order valence-electron chi connectivity index (χ3n) is 2.72. The van der Waals surface area contributed by atoms with E-state index in [1.807, 2.05) is 13.0 Å². The molecule has 0 aliphatic carbocycles. The fraction of sp³-hybridized carbons (Fsp3) is 0.286. The van der Waals surface area contributed by atoms with Crippen LogP contribution in [0.1, 0.15) is 18.9 Å². The molecule has 0 spiro atoms. The molecule has 2 rings (SSSR count). The smallest absolute Gasteiger partial charge is 0.254 e. The van der Waals surface area contributed by atoms with Crippen molar-refractivity contribution in [1.82, 2.24) is 5.32 Å². The van der Waals surface area contributed by atoms with Crippen molar-refractivity contribution in [3.63, 3.8) is 0 Å². The van der Waals surface area contributed by atoms with E-state index in [-0.39, 0.29) is 18.2 Å². The van der Waals surface area contributed by atoms with E-state index >= 15 is 0 Å². The largest absolute Gasteiger partial charge is 0.493 e. The van der Waals surface area contributed by atoms with Gasteiger partial charge < -0.3 is 9.47 Å². The van der Waals surface area contributed by atoms with E-state index in [1.165, 1.54) is 0 Å².